The molecule has 2 rings (SSSR count). The van der Waals surface area contributed by atoms with Gasteiger partial charge in [-0.15, -0.1) is 0 Å². The molecule has 3 nitrogen and oxygen atoms in total. The van der Waals surface area contributed by atoms with Crippen LogP contribution in [0.15, 0.2) is 0 Å². The van der Waals surface area contributed by atoms with Crippen molar-refractivity contribution in [2.24, 2.45) is 5.41 Å². The van der Waals surface area contributed by atoms with Crippen molar-refractivity contribution in [3.8, 4) is 0 Å². The molecule has 0 aromatic rings. The van der Waals surface area contributed by atoms with Crippen molar-refractivity contribution in [2.45, 2.75) is 57.8 Å². The molecule has 4 atom stereocenters. The predicted molar refractivity (Wildman–Crippen MR) is 64.6 cm³/mol. The summed E-state index contributed by atoms with van der Waals surface area (Å²) in [6.45, 7) is 6.34. The van der Waals surface area contributed by atoms with Crippen molar-refractivity contribution in [3.63, 3.8) is 0 Å². The van der Waals surface area contributed by atoms with E-state index in [0.717, 1.165) is 19.6 Å². The lowest BCUT2D eigenvalue weighted by molar-refractivity contribution is -0.00423. The summed E-state index contributed by atoms with van der Waals surface area (Å²) in [4.78, 5) is 0. The fourth-order valence-electron chi connectivity index (χ4n) is 3.23. The van der Waals surface area contributed by atoms with Crippen molar-refractivity contribution in [2.75, 3.05) is 20.2 Å². The Morgan fingerprint density at radius 2 is 2.12 bits per heavy atom. The van der Waals surface area contributed by atoms with Gasteiger partial charge in [0, 0.05) is 18.6 Å². The molecule has 3 heteroatoms. The van der Waals surface area contributed by atoms with E-state index in [1.807, 2.05) is 7.05 Å². The molecule has 0 aliphatic carbocycles. The van der Waals surface area contributed by atoms with Crippen LogP contribution in [0.4, 0.5) is 0 Å². The molecule has 0 bridgehead atoms. The van der Waals surface area contributed by atoms with Gasteiger partial charge in [-0.05, 0) is 46.6 Å². The monoisotopic (exact) mass is 227 g/mol. The Kier molecular flexibility index (Phi) is 3.88. The Balaban J connectivity index is 1.97. The number of ether oxygens (including phenoxy) is 2. The highest BCUT2D eigenvalue weighted by atomic mass is 16.5. The Morgan fingerprint density at radius 1 is 1.31 bits per heavy atom. The second-order valence-electron chi connectivity index (χ2n) is 5.51. The number of hydrogen-bond acceptors (Lipinski definition) is 3. The van der Waals surface area contributed by atoms with Gasteiger partial charge in [-0.3, -0.25) is 0 Å². The first kappa shape index (κ1) is 12.3. The lowest BCUT2D eigenvalue weighted by Crippen LogP contribution is -2.41. The van der Waals surface area contributed by atoms with Crippen LogP contribution in [-0.2, 0) is 9.47 Å². The lowest BCUT2D eigenvalue weighted by Gasteiger charge is -2.34. The molecule has 0 amide bonds. The van der Waals surface area contributed by atoms with Crippen molar-refractivity contribution in [1.29, 1.82) is 0 Å². The summed E-state index contributed by atoms with van der Waals surface area (Å²) in [6, 6.07) is 0. The zero-order chi connectivity index (χ0) is 11.6. The highest BCUT2D eigenvalue weighted by molar-refractivity contribution is 4.94. The summed E-state index contributed by atoms with van der Waals surface area (Å²) in [5.41, 5.74) is 0.295. The van der Waals surface area contributed by atoms with Crippen molar-refractivity contribution >= 4 is 0 Å². The van der Waals surface area contributed by atoms with Crippen molar-refractivity contribution < 1.29 is 9.47 Å². The maximum absolute atomic E-state index is 5.96. The summed E-state index contributed by atoms with van der Waals surface area (Å²) in [5.74, 6) is 0. The summed E-state index contributed by atoms with van der Waals surface area (Å²) in [6.07, 6.45) is 6.03. The van der Waals surface area contributed by atoms with Gasteiger partial charge in [-0.25, -0.2) is 0 Å². The first-order valence-corrected chi connectivity index (χ1v) is 6.58. The molecule has 0 aromatic heterocycles. The third-order valence-corrected chi connectivity index (χ3v) is 4.31. The molecule has 2 aliphatic rings. The largest absolute Gasteiger partial charge is 0.378 e. The molecule has 0 radical (unpaired) electrons. The van der Waals surface area contributed by atoms with E-state index in [1.54, 1.807) is 0 Å². The van der Waals surface area contributed by atoms with E-state index in [1.165, 1.54) is 19.3 Å². The molecule has 4 unspecified atom stereocenters. The minimum atomic E-state index is 0.295. The van der Waals surface area contributed by atoms with Gasteiger partial charge in [0.25, 0.3) is 0 Å². The predicted octanol–water partition coefficient (Wildman–Crippen LogP) is 1.96. The quantitative estimate of drug-likeness (QED) is 0.796. The Morgan fingerprint density at radius 3 is 2.62 bits per heavy atom. The third-order valence-electron chi connectivity index (χ3n) is 4.31. The maximum atomic E-state index is 5.96. The van der Waals surface area contributed by atoms with Crippen LogP contribution in [0.25, 0.3) is 0 Å². The summed E-state index contributed by atoms with van der Waals surface area (Å²) >= 11 is 0. The Labute approximate surface area is 98.9 Å². The standard InChI is InChI=1S/C13H25NO2/c1-10-4-5-12(16-10)8-13(9-14-3)6-7-15-11(13)2/h10-12,14H,4-9H2,1-3H3. The normalized spacial score (nSPS) is 44.1. The number of nitrogens with one attached hydrogen (secondary N) is 1. The van der Waals surface area contributed by atoms with Crippen molar-refractivity contribution in [1.82, 2.24) is 5.32 Å². The number of hydrogen-bond donors (Lipinski definition) is 1. The van der Waals surface area contributed by atoms with Crippen LogP contribution >= 0.6 is 0 Å². The van der Waals surface area contributed by atoms with Crippen LogP contribution in [0, 0.1) is 5.41 Å². The molecule has 2 fully saturated rings. The topological polar surface area (TPSA) is 30.5 Å². The molecule has 94 valence electrons. The molecular weight excluding hydrogens is 202 g/mol. The Bertz CT molecular complexity index is 234. The first-order valence-electron chi connectivity index (χ1n) is 6.58. The molecular formula is C13H25NO2. The highest BCUT2D eigenvalue weighted by Crippen LogP contribution is 2.41. The molecule has 2 aliphatic heterocycles. The molecule has 1 N–H and O–H groups in total. The zero-order valence-electron chi connectivity index (χ0n) is 10.8. The van der Waals surface area contributed by atoms with Crippen LogP contribution in [-0.4, -0.2) is 38.5 Å². The van der Waals surface area contributed by atoms with Gasteiger partial charge in [-0.1, -0.05) is 0 Å². The molecule has 2 heterocycles. The fraction of sp³-hybridized carbons (Fsp3) is 1.00. The summed E-state index contributed by atoms with van der Waals surface area (Å²) < 4.78 is 11.7. The summed E-state index contributed by atoms with van der Waals surface area (Å²) in [7, 11) is 2.03. The van der Waals surface area contributed by atoms with E-state index >= 15 is 0 Å². The SMILES string of the molecule is CNCC1(CC2CCC(C)O2)CCOC1C. The van der Waals surface area contributed by atoms with E-state index in [2.05, 4.69) is 19.2 Å². The minimum absolute atomic E-state index is 0.295. The molecule has 0 spiro atoms. The zero-order valence-corrected chi connectivity index (χ0v) is 10.8. The van der Waals surface area contributed by atoms with Crippen LogP contribution in [0.1, 0.15) is 39.5 Å². The van der Waals surface area contributed by atoms with Gasteiger partial charge >= 0.3 is 0 Å². The third kappa shape index (κ3) is 2.41. The average Bonchev–Trinajstić information content (AvgIpc) is 2.77. The minimum Gasteiger partial charge on any atom is -0.378 e. The van der Waals surface area contributed by atoms with E-state index in [9.17, 15) is 0 Å². The smallest absolute Gasteiger partial charge is 0.0617 e. The first-order chi connectivity index (χ1) is 7.66. The fourth-order valence-corrected chi connectivity index (χ4v) is 3.23. The molecule has 2 saturated heterocycles. The van der Waals surface area contributed by atoms with Gasteiger partial charge in [-0.2, -0.15) is 0 Å². The van der Waals surface area contributed by atoms with Gasteiger partial charge < -0.3 is 14.8 Å². The maximum Gasteiger partial charge on any atom is 0.0617 e. The molecule has 0 aromatic carbocycles. The van der Waals surface area contributed by atoms with Crippen molar-refractivity contribution in [3.05, 3.63) is 0 Å². The van der Waals surface area contributed by atoms with Crippen LogP contribution in [0.3, 0.4) is 0 Å². The van der Waals surface area contributed by atoms with Gasteiger partial charge in [0.2, 0.25) is 0 Å². The Hall–Kier alpha value is -0.120. The van der Waals surface area contributed by atoms with Gasteiger partial charge in [0.1, 0.15) is 0 Å². The molecule has 0 saturated carbocycles. The molecule has 16 heavy (non-hydrogen) atoms. The average molecular weight is 227 g/mol. The van der Waals surface area contributed by atoms with E-state index in [4.69, 9.17) is 9.47 Å². The second-order valence-corrected chi connectivity index (χ2v) is 5.51. The van der Waals surface area contributed by atoms with Crippen LogP contribution in [0.5, 0.6) is 0 Å². The van der Waals surface area contributed by atoms with Crippen LogP contribution in [0.2, 0.25) is 0 Å². The second kappa shape index (κ2) is 5.03. The van der Waals surface area contributed by atoms with E-state index in [-0.39, 0.29) is 0 Å². The van der Waals surface area contributed by atoms with E-state index in [0.29, 0.717) is 23.7 Å². The van der Waals surface area contributed by atoms with Crippen LogP contribution < -0.4 is 5.32 Å². The lowest BCUT2D eigenvalue weighted by atomic mass is 9.76. The highest BCUT2D eigenvalue weighted by Gasteiger charge is 2.43. The van der Waals surface area contributed by atoms with Gasteiger partial charge in [0.05, 0.1) is 18.3 Å². The van der Waals surface area contributed by atoms with E-state index < -0.39 is 0 Å². The summed E-state index contributed by atoms with van der Waals surface area (Å²) in [5, 5.41) is 3.33. The van der Waals surface area contributed by atoms with Gasteiger partial charge in [0.15, 0.2) is 0 Å². The number of rotatable bonds is 4.